The zero-order valence-electron chi connectivity index (χ0n) is 15.4. The molecule has 4 nitrogen and oxygen atoms in total. The predicted octanol–water partition coefficient (Wildman–Crippen LogP) is 4.70. The zero-order valence-corrected chi connectivity index (χ0v) is 15.4. The molecule has 1 amide bonds. The van der Waals surface area contributed by atoms with Crippen LogP contribution in [0, 0.1) is 0 Å². The molecule has 7 heteroatoms. The van der Waals surface area contributed by atoms with Gasteiger partial charge in [0.1, 0.15) is 12.3 Å². The lowest BCUT2D eigenvalue weighted by atomic mass is 10.1. The number of amides is 1. The van der Waals surface area contributed by atoms with Gasteiger partial charge in [0.2, 0.25) is 5.91 Å². The highest BCUT2D eigenvalue weighted by Gasteiger charge is 2.33. The number of carbonyl (C=O) groups excluding carboxylic acids is 1. The number of hydrogen-bond donors (Lipinski definition) is 1. The van der Waals surface area contributed by atoms with Crippen molar-refractivity contribution in [3.8, 4) is 5.75 Å². The summed E-state index contributed by atoms with van der Waals surface area (Å²) >= 11 is 0. The van der Waals surface area contributed by atoms with E-state index in [-0.39, 0.29) is 13.0 Å². The number of nitrogens with zero attached hydrogens (tertiary/aromatic N) is 1. The topological polar surface area (TPSA) is 45.3 Å². The number of carbonyl (C=O) groups is 1. The van der Waals surface area contributed by atoms with E-state index in [0.717, 1.165) is 21.4 Å². The molecule has 0 spiro atoms. The number of hydrogen-bond acceptors (Lipinski definition) is 2. The minimum atomic E-state index is -4.46. The van der Waals surface area contributed by atoms with E-state index in [2.05, 4.69) is 4.98 Å². The van der Waals surface area contributed by atoms with Crippen LogP contribution in [0.25, 0.3) is 10.9 Å². The van der Waals surface area contributed by atoms with Crippen molar-refractivity contribution >= 4 is 16.8 Å². The monoisotopic (exact) mass is 390 g/mol. The molecule has 2 aromatic carbocycles. The maximum absolute atomic E-state index is 13.0. The van der Waals surface area contributed by atoms with Crippen molar-refractivity contribution in [3.63, 3.8) is 0 Å². The van der Waals surface area contributed by atoms with Crippen molar-refractivity contribution in [1.82, 2.24) is 9.88 Å². The first kappa shape index (κ1) is 19.8. The molecule has 148 valence electrons. The van der Waals surface area contributed by atoms with E-state index < -0.39 is 18.6 Å². The molecule has 3 rings (SSSR count). The zero-order chi connectivity index (χ0) is 20.1. The fourth-order valence-electron chi connectivity index (χ4n) is 3.14. The lowest BCUT2D eigenvalue weighted by molar-refractivity contribution is -0.162. The van der Waals surface area contributed by atoms with Crippen molar-refractivity contribution < 1.29 is 22.7 Å². The average molecular weight is 390 g/mol. The third-order valence-corrected chi connectivity index (χ3v) is 4.54. The van der Waals surface area contributed by atoms with E-state index in [1.165, 1.54) is 7.11 Å². The number of benzene rings is 2. The van der Waals surface area contributed by atoms with Crippen LogP contribution in [0.3, 0.4) is 0 Å². The van der Waals surface area contributed by atoms with Crippen LogP contribution >= 0.6 is 0 Å². The van der Waals surface area contributed by atoms with Crippen molar-refractivity contribution in [3.05, 3.63) is 65.9 Å². The van der Waals surface area contributed by atoms with Crippen LogP contribution in [0.2, 0.25) is 0 Å². The van der Waals surface area contributed by atoms with E-state index >= 15 is 0 Å². The standard InChI is InChI=1S/C21H21F3N2O2/c1-28-17-9-6-15(7-10-17)13-26(14-21(22,23)24)20(27)11-8-16-12-25-19-5-3-2-4-18(16)19/h2-7,9-10,12,25H,8,11,13-14H2,1H3. The second-order valence-electron chi connectivity index (χ2n) is 6.57. The number of para-hydroxylation sites is 1. The van der Waals surface area contributed by atoms with Gasteiger partial charge in [0, 0.05) is 30.1 Å². The number of aryl methyl sites for hydroxylation is 1. The Hall–Kier alpha value is -2.96. The van der Waals surface area contributed by atoms with Gasteiger partial charge in [-0.2, -0.15) is 13.2 Å². The number of alkyl halides is 3. The average Bonchev–Trinajstić information content (AvgIpc) is 3.08. The van der Waals surface area contributed by atoms with Gasteiger partial charge in [0.05, 0.1) is 7.11 Å². The summed E-state index contributed by atoms with van der Waals surface area (Å²) in [4.78, 5) is 16.5. The summed E-state index contributed by atoms with van der Waals surface area (Å²) in [6.45, 7) is -1.37. The van der Waals surface area contributed by atoms with Gasteiger partial charge < -0.3 is 14.6 Å². The van der Waals surface area contributed by atoms with Gasteiger partial charge in [-0.05, 0) is 35.7 Å². The molecular weight excluding hydrogens is 369 g/mol. The van der Waals surface area contributed by atoms with E-state index in [4.69, 9.17) is 4.74 Å². The van der Waals surface area contributed by atoms with Gasteiger partial charge in [-0.3, -0.25) is 4.79 Å². The number of H-pyrrole nitrogens is 1. The Balaban J connectivity index is 1.70. The molecule has 28 heavy (non-hydrogen) atoms. The SMILES string of the molecule is COc1ccc(CN(CC(F)(F)F)C(=O)CCc2c[nH]c3ccccc23)cc1. The van der Waals surface area contributed by atoms with Crippen LogP contribution in [0.15, 0.2) is 54.7 Å². The molecule has 0 saturated heterocycles. The van der Waals surface area contributed by atoms with Crippen molar-refractivity contribution in [2.24, 2.45) is 0 Å². The minimum Gasteiger partial charge on any atom is -0.497 e. The van der Waals surface area contributed by atoms with Crippen LogP contribution < -0.4 is 4.74 Å². The van der Waals surface area contributed by atoms with E-state index in [1.54, 1.807) is 30.5 Å². The molecule has 0 aliphatic heterocycles. The molecule has 0 radical (unpaired) electrons. The number of aromatic amines is 1. The lowest BCUT2D eigenvalue weighted by Gasteiger charge is -2.24. The Morgan fingerprint density at radius 1 is 1.11 bits per heavy atom. The molecule has 0 saturated carbocycles. The van der Waals surface area contributed by atoms with Crippen LogP contribution in [-0.2, 0) is 17.8 Å². The van der Waals surface area contributed by atoms with Crippen LogP contribution in [0.4, 0.5) is 13.2 Å². The van der Waals surface area contributed by atoms with Crippen LogP contribution in [0.1, 0.15) is 17.5 Å². The van der Waals surface area contributed by atoms with E-state index in [1.807, 2.05) is 24.3 Å². The molecule has 1 aromatic heterocycles. The van der Waals surface area contributed by atoms with Crippen molar-refractivity contribution in [2.75, 3.05) is 13.7 Å². The molecule has 0 bridgehead atoms. The second-order valence-corrected chi connectivity index (χ2v) is 6.57. The fourth-order valence-corrected chi connectivity index (χ4v) is 3.14. The molecule has 0 aliphatic rings. The molecule has 0 aliphatic carbocycles. The van der Waals surface area contributed by atoms with Gasteiger partial charge >= 0.3 is 6.18 Å². The molecule has 1 N–H and O–H groups in total. The largest absolute Gasteiger partial charge is 0.497 e. The summed E-state index contributed by atoms with van der Waals surface area (Å²) in [7, 11) is 1.51. The van der Waals surface area contributed by atoms with Crippen LogP contribution in [-0.4, -0.2) is 35.6 Å². The van der Waals surface area contributed by atoms with Gasteiger partial charge in [0.15, 0.2) is 0 Å². The molecule has 0 fully saturated rings. The van der Waals surface area contributed by atoms with Crippen molar-refractivity contribution in [1.29, 1.82) is 0 Å². The first-order valence-electron chi connectivity index (χ1n) is 8.88. The fraction of sp³-hybridized carbons (Fsp3) is 0.286. The normalized spacial score (nSPS) is 11.6. The summed E-state index contributed by atoms with van der Waals surface area (Å²) < 4.78 is 44.0. The van der Waals surface area contributed by atoms with Crippen LogP contribution in [0.5, 0.6) is 5.75 Å². The smallest absolute Gasteiger partial charge is 0.406 e. The second kappa shape index (κ2) is 8.37. The first-order chi connectivity index (χ1) is 13.4. The Labute approximate surface area is 160 Å². The third-order valence-electron chi connectivity index (χ3n) is 4.54. The number of fused-ring (bicyclic) bond motifs is 1. The summed E-state index contributed by atoms with van der Waals surface area (Å²) in [6.07, 6.45) is -2.27. The van der Waals surface area contributed by atoms with Gasteiger partial charge in [0.25, 0.3) is 0 Å². The number of aromatic nitrogens is 1. The highest BCUT2D eigenvalue weighted by molar-refractivity contribution is 5.84. The summed E-state index contributed by atoms with van der Waals surface area (Å²) in [5.74, 6) is 0.0789. The van der Waals surface area contributed by atoms with Crippen molar-refractivity contribution in [2.45, 2.75) is 25.6 Å². The Kier molecular flexibility index (Phi) is 5.92. The molecule has 0 atom stereocenters. The molecular formula is C21H21F3N2O2. The molecule has 3 aromatic rings. The Morgan fingerprint density at radius 3 is 2.50 bits per heavy atom. The van der Waals surface area contributed by atoms with E-state index in [9.17, 15) is 18.0 Å². The Bertz CT molecular complexity index is 933. The highest BCUT2D eigenvalue weighted by Crippen LogP contribution is 2.22. The van der Waals surface area contributed by atoms with Gasteiger partial charge in [-0.25, -0.2) is 0 Å². The quantitative estimate of drug-likeness (QED) is 0.636. The summed E-state index contributed by atoms with van der Waals surface area (Å²) in [5.41, 5.74) is 2.47. The summed E-state index contributed by atoms with van der Waals surface area (Å²) in [6, 6.07) is 14.3. The van der Waals surface area contributed by atoms with Gasteiger partial charge in [-0.15, -0.1) is 0 Å². The maximum atomic E-state index is 13.0. The molecule has 1 heterocycles. The number of methoxy groups -OCH3 is 1. The lowest BCUT2D eigenvalue weighted by Crippen LogP contribution is -2.38. The number of nitrogens with one attached hydrogen (secondary N) is 1. The summed E-state index contributed by atoms with van der Waals surface area (Å²) in [5, 5.41) is 0.979. The number of halogens is 3. The first-order valence-corrected chi connectivity index (χ1v) is 8.88. The minimum absolute atomic E-state index is 0.00802. The third kappa shape index (κ3) is 5.06. The molecule has 0 unspecified atom stereocenters. The highest BCUT2D eigenvalue weighted by atomic mass is 19.4. The van der Waals surface area contributed by atoms with E-state index in [0.29, 0.717) is 17.7 Å². The number of rotatable bonds is 7. The predicted molar refractivity (Wildman–Crippen MR) is 101 cm³/mol. The Morgan fingerprint density at radius 2 is 1.82 bits per heavy atom. The maximum Gasteiger partial charge on any atom is 0.406 e. The number of ether oxygens (including phenoxy) is 1. The van der Waals surface area contributed by atoms with Gasteiger partial charge in [-0.1, -0.05) is 30.3 Å².